The molecule has 2 unspecified atom stereocenters. The van der Waals surface area contributed by atoms with Crippen molar-refractivity contribution in [2.75, 3.05) is 13.2 Å². The Bertz CT molecular complexity index is 1010. The SMILES string of the molecule is Cc1ccccc1C(=O)O[C@H]1CO[C@@H]2C(OC(=O)c3ccc(CO[N+](=O)[O-])cc3)COC21. The Balaban J connectivity index is 1.32. The van der Waals surface area contributed by atoms with Crippen molar-refractivity contribution >= 4 is 11.9 Å². The number of nitrogens with zero attached hydrogens (tertiary/aromatic N) is 1. The van der Waals surface area contributed by atoms with Crippen molar-refractivity contribution in [3.8, 4) is 0 Å². The zero-order valence-electron chi connectivity index (χ0n) is 17.2. The minimum atomic E-state index is -0.883. The summed E-state index contributed by atoms with van der Waals surface area (Å²) in [5.74, 6) is -1.03. The molecule has 0 aliphatic carbocycles. The summed E-state index contributed by atoms with van der Waals surface area (Å²) in [7, 11) is 0. The fourth-order valence-corrected chi connectivity index (χ4v) is 3.70. The van der Waals surface area contributed by atoms with Crippen molar-refractivity contribution in [3.05, 3.63) is 80.9 Å². The second-order valence-corrected chi connectivity index (χ2v) is 7.49. The molecule has 2 aliphatic heterocycles. The molecular weight excluding hydrogens is 422 g/mol. The minimum Gasteiger partial charge on any atom is -0.453 e. The van der Waals surface area contributed by atoms with E-state index in [1.807, 2.05) is 19.1 Å². The quantitative estimate of drug-likeness (QED) is 0.360. The largest absolute Gasteiger partial charge is 0.453 e. The standard InChI is InChI=1S/C22H21NO9/c1-13-4-2-3-5-16(13)22(25)32-18-12-29-19-17(11-28-20(18)19)31-21(24)15-8-6-14(7-9-15)10-30-23(26)27/h2-9,17-20H,10-12H2,1H3/t17?,18-,19+,20?/m0/s1. The summed E-state index contributed by atoms with van der Waals surface area (Å²) >= 11 is 0. The Morgan fingerprint density at radius 1 is 0.969 bits per heavy atom. The number of benzene rings is 2. The van der Waals surface area contributed by atoms with Gasteiger partial charge in [-0.05, 0) is 36.2 Å². The Morgan fingerprint density at radius 2 is 1.56 bits per heavy atom. The maximum absolute atomic E-state index is 12.5. The Labute approximate surface area is 183 Å². The molecule has 2 fully saturated rings. The highest BCUT2D eigenvalue weighted by Crippen LogP contribution is 2.31. The number of rotatable bonds is 7. The van der Waals surface area contributed by atoms with Gasteiger partial charge >= 0.3 is 11.9 Å². The van der Waals surface area contributed by atoms with Gasteiger partial charge in [0.1, 0.15) is 18.8 Å². The summed E-state index contributed by atoms with van der Waals surface area (Å²) in [6.45, 7) is 1.88. The number of aryl methyl sites for hydroxylation is 1. The van der Waals surface area contributed by atoms with Gasteiger partial charge in [0.25, 0.3) is 5.09 Å². The number of fused-ring (bicyclic) bond motifs is 1. The van der Waals surface area contributed by atoms with Crippen LogP contribution in [0, 0.1) is 17.0 Å². The second kappa shape index (κ2) is 9.33. The second-order valence-electron chi connectivity index (χ2n) is 7.49. The van der Waals surface area contributed by atoms with Crippen molar-refractivity contribution in [2.24, 2.45) is 0 Å². The van der Waals surface area contributed by atoms with E-state index in [0.29, 0.717) is 11.1 Å². The maximum Gasteiger partial charge on any atom is 0.338 e. The van der Waals surface area contributed by atoms with Gasteiger partial charge in [0.15, 0.2) is 12.2 Å². The molecule has 2 saturated heterocycles. The van der Waals surface area contributed by atoms with Gasteiger partial charge in [-0.15, -0.1) is 10.1 Å². The van der Waals surface area contributed by atoms with E-state index in [0.717, 1.165) is 5.56 Å². The van der Waals surface area contributed by atoms with E-state index in [9.17, 15) is 19.7 Å². The molecule has 32 heavy (non-hydrogen) atoms. The lowest BCUT2D eigenvalue weighted by atomic mass is 10.1. The van der Waals surface area contributed by atoms with Crippen molar-refractivity contribution in [3.63, 3.8) is 0 Å². The summed E-state index contributed by atoms with van der Waals surface area (Å²) in [6, 6.07) is 13.2. The summed E-state index contributed by atoms with van der Waals surface area (Å²) in [5, 5.41) is 9.38. The van der Waals surface area contributed by atoms with Crippen LogP contribution in [-0.2, 0) is 30.4 Å². The molecule has 2 aromatic carbocycles. The first-order valence-electron chi connectivity index (χ1n) is 9.99. The molecule has 0 N–H and O–H groups in total. The molecule has 0 radical (unpaired) electrons. The lowest BCUT2D eigenvalue weighted by Gasteiger charge is -2.17. The summed E-state index contributed by atoms with van der Waals surface area (Å²) < 4.78 is 22.6. The number of hydrogen-bond acceptors (Lipinski definition) is 9. The smallest absolute Gasteiger partial charge is 0.338 e. The predicted molar refractivity (Wildman–Crippen MR) is 107 cm³/mol. The third kappa shape index (κ3) is 4.71. The molecule has 10 heteroatoms. The summed E-state index contributed by atoms with van der Waals surface area (Å²) in [5.41, 5.74) is 2.10. The normalized spacial score (nSPS) is 23.9. The van der Waals surface area contributed by atoms with Crippen LogP contribution in [0.4, 0.5) is 0 Å². The van der Waals surface area contributed by atoms with Crippen molar-refractivity contribution in [1.82, 2.24) is 0 Å². The Kier molecular flexibility index (Phi) is 6.33. The Morgan fingerprint density at radius 3 is 2.16 bits per heavy atom. The first-order chi connectivity index (χ1) is 15.4. The maximum atomic E-state index is 12.5. The van der Waals surface area contributed by atoms with Gasteiger partial charge in [-0.3, -0.25) is 0 Å². The van der Waals surface area contributed by atoms with Gasteiger partial charge in [0.05, 0.1) is 24.3 Å². The highest BCUT2D eigenvalue weighted by atomic mass is 16.9. The number of hydrogen-bond donors (Lipinski definition) is 0. The zero-order valence-corrected chi connectivity index (χ0v) is 17.2. The van der Waals surface area contributed by atoms with Gasteiger partial charge in [0, 0.05) is 0 Å². The lowest BCUT2D eigenvalue weighted by molar-refractivity contribution is -0.763. The van der Waals surface area contributed by atoms with Gasteiger partial charge in [-0.2, -0.15) is 0 Å². The van der Waals surface area contributed by atoms with Crippen LogP contribution in [0.5, 0.6) is 0 Å². The van der Waals surface area contributed by atoms with Gasteiger partial charge in [-0.1, -0.05) is 30.3 Å². The third-order valence-corrected chi connectivity index (χ3v) is 5.37. The average molecular weight is 443 g/mol. The van der Waals surface area contributed by atoms with Crippen LogP contribution >= 0.6 is 0 Å². The molecule has 0 aromatic heterocycles. The number of ether oxygens (including phenoxy) is 4. The molecular formula is C22H21NO9. The summed E-state index contributed by atoms with van der Waals surface area (Å²) in [4.78, 5) is 39.5. The number of carbonyl (C=O) groups excluding carboxylic acids is 2. The molecule has 4 atom stereocenters. The summed E-state index contributed by atoms with van der Waals surface area (Å²) in [6.07, 6.45) is -2.31. The number of esters is 2. The van der Waals surface area contributed by atoms with E-state index in [1.54, 1.807) is 24.3 Å². The number of carbonyl (C=O) groups is 2. The molecule has 10 nitrogen and oxygen atoms in total. The van der Waals surface area contributed by atoms with Crippen LogP contribution in [0.2, 0.25) is 0 Å². The van der Waals surface area contributed by atoms with Crippen molar-refractivity contribution in [1.29, 1.82) is 0 Å². The topological polar surface area (TPSA) is 123 Å². The molecule has 168 valence electrons. The van der Waals surface area contributed by atoms with Crippen LogP contribution in [0.25, 0.3) is 0 Å². The molecule has 4 rings (SSSR count). The first kappa shape index (κ1) is 21.7. The fraction of sp³-hybridized carbons (Fsp3) is 0.364. The van der Waals surface area contributed by atoms with Crippen molar-refractivity contribution in [2.45, 2.75) is 37.9 Å². The molecule has 0 saturated carbocycles. The Hall–Kier alpha value is -3.50. The molecule has 0 amide bonds. The average Bonchev–Trinajstić information content (AvgIpc) is 3.36. The van der Waals surface area contributed by atoms with E-state index in [1.165, 1.54) is 12.1 Å². The van der Waals surface area contributed by atoms with Crippen LogP contribution < -0.4 is 0 Å². The van der Waals surface area contributed by atoms with Crippen LogP contribution in [0.1, 0.15) is 31.8 Å². The molecule has 0 bridgehead atoms. The van der Waals surface area contributed by atoms with E-state index < -0.39 is 41.4 Å². The highest BCUT2D eigenvalue weighted by Gasteiger charge is 2.51. The van der Waals surface area contributed by atoms with Gasteiger partial charge in [0.2, 0.25) is 0 Å². The van der Waals surface area contributed by atoms with Crippen LogP contribution in [-0.4, -0.2) is 54.7 Å². The molecule has 2 aromatic rings. The fourth-order valence-electron chi connectivity index (χ4n) is 3.70. The monoisotopic (exact) mass is 443 g/mol. The predicted octanol–water partition coefficient (Wildman–Crippen LogP) is 2.25. The molecule has 0 spiro atoms. The third-order valence-electron chi connectivity index (χ3n) is 5.37. The molecule has 2 aliphatic rings. The lowest BCUT2D eigenvalue weighted by Crippen LogP contribution is -2.36. The van der Waals surface area contributed by atoms with Crippen molar-refractivity contribution < 1.29 is 38.5 Å². The van der Waals surface area contributed by atoms with E-state index in [-0.39, 0.29) is 25.4 Å². The van der Waals surface area contributed by atoms with E-state index in [4.69, 9.17) is 18.9 Å². The van der Waals surface area contributed by atoms with Gasteiger partial charge in [-0.25, -0.2) is 9.59 Å². The van der Waals surface area contributed by atoms with Crippen LogP contribution in [0.15, 0.2) is 48.5 Å². The minimum absolute atomic E-state index is 0.119. The first-order valence-corrected chi connectivity index (χ1v) is 9.99. The highest BCUT2D eigenvalue weighted by molar-refractivity contribution is 5.91. The van der Waals surface area contributed by atoms with Gasteiger partial charge < -0.3 is 23.8 Å². The zero-order chi connectivity index (χ0) is 22.7. The molecule has 2 heterocycles. The van der Waals surface area contributed by atoms with E-state index in [2.05, 4.69) is 4.84 Å². The van der Waals surface area contributed by atoms with E-state index >= 15 is 0 Å². The van der Waals surface area contributed by atoms with Crippen LogP contribution in [0.3, 0.4) is 0 Å².